The van der Waals surface area contributed by atoms with Crippen LogP contribution in [0.3, 0.4) is 0 Å². The van der Waals surface area contributed by atoms with Gasteiger partial charge in [0, 0.05) is 16.8 Å². The Bertz CT molecular complexity index is 993. The van der Waals surface area contributed by atoms with Gasteiger partial charge in [-0.15, -0.1) is 11.3 Å². The molecule has 0 aliphatic rings. The lowest BCUT2D eigenvalue weighted by atomic mass is 10.2. The summed E-state index contributed by atoms with van der Waals surface area (Å²) in [7, 11) is 0. The fraction of sp³-hybridized carbons (Fsp3) is 0.105. The van der Waals surface area contributed by atoms with Gasteiger partial charge in [0.1, 0.15) is 18.2 Å². The summed E-state index contributed by atoms with van der Waals surface area (Å²) in [6.07, 6.45) is 0.711. The van der Waals surface area contributed by atoms with Crippen LogP contribution in [-0.2, 0) is 11.4 Å². The van der Waals surface area contributed by atoms with E-state index in [1.54, 1.807) is 35.7 Å². The molecule has 0 atom stereocenters. The van der Waals surface area contributed by atoms with Crippen molar-refractivity contribution < 1.29 is 18.7 Å². The number of nitrogens with zero attached hydrogens (tertiary/aromatic N) is 2. The molecule has 0 unspecified atom stereocenters. The molecule has 138 valence electrons. The number of carbonyl (C=O) groups excluding carboxylic acids is 2. The summed E-state index contributed by atoms with van der Waals surface area (Å²) in [4.78, 5) is 28.8. The Labute approximate surface area is 167 Å². The summed E-state index contributed by atoms with van der Waals surface area (Å²) >= 11 is 4.51. The van der Waals surface area contributed by atoms with E-state index in [-0.39, 0.29) is 18.2 Å². The molecule has 5 nitrogen and oxygen atoms in total. The minimum atomic E-state index is -0.508. The van der Waals surface area contributed by atoms with Crippen LogP contribution in [0.2, 0.25) is 0 Å². The molecule has 0 bridgehead atoms. The van der Waals surface area contributed by atoms with Crippen LogP contribution in [0.15, 0.2) is 52.3 Å². The SMILES string of the molecule is CC(=O)N(c1nc(COc2ccc(Br)cc2C=O)cs1)c1ccccc1F. The molecule has 1 heterocycles. The molecule has 1 amide bonds. The lowest BCUT2D eigenvalue weighted by Gasteiger charge is -2.18. The van der Waals surface area contributed by atoms with Crippen molar-refractivity contribution in [3.8, 4) is 5.75 Å². The second kappa shape index (κ2) is 8.41. The van der Waals surface area contributed by atoms with Gasteiger partial charge in [0.2, 0.25) is 5.91 Å². The van der Waals surface area contributed by atoms with Gasteiger partial charge in [0.15, 0.2) is 11.4 Å². The van der Waals surface area contributed by atoms with Gasteiger partial charge >= 0.3 is 0 Å². The maximum absolute atomic E-state index is 14.1. The van der Waals surface area contributed by atoms with Crippen LogP contribution >= 0.6 is 27.3 Å². The number of hydrogen-bond donors (Lipinski definition) is 0. The third kappa shape index (κ3) is 4.40. The van der Waals surface area contributed by atoms with Crippen molar-refractivity contribution in [3.05, 3.63) is 69.4 Å². The molecular formula is C19H14BrFN2O3S. The van der Waals surface area contributed by atoms with E-state index in [0.717, 1.165) is 4.47 Å². The van der Waals surface area contributed by atoms with E-state index < -0.39 is 5.82 Å². The molecule has 27 heavy (non-hydrogen) atoms. The first-order valence-corrected chi connectivity index (χ1v) is 9.54. The highest BCUT2D eigenvalue weighted by Gasteiger charge is 2.21. The number of benzene rings is 2. The number of halogens is 2. The maximum atomic E-state index is 14.1. The Morgan fingerprint density at radius 1 is 1.33 bits per heavy atom. The molecule has 0 spiro atoms. The van der Waals surface area contributed by atoms with Crippen LogP contribution in [0.1, 0.15) is 23.0 Å². The maximum Gasteiger partial charge on any atom is 0.230 e. The molecule has 1 aromatic heterocycles. The van der Waals surface area contributed by atoms with Gasteiger partial charge in [-0.25, -0.2) is 9.37 Å². The molecule has 0 N–H and O–H groups in total. The van der Waals surface area contributed by atoms with Crippen LogP contribution in [0.5, 0.6) is 5.75 Å². The predicted molar refractivity (Wildman–Crippen MR) is 105 cm³/mol. The second-order valence-corrected chi connectivity index (χ2v) is 7.27. The van der Waals surface area contributed by atoms with Crippen molar-refractivity contribution in [1.29, 1.82) is 0 Å². The lowest BCUT2D eigenvalue weighted by Crippen LogP contribution is -2.23. The monoisotopic (exact) mass is 448 g/mol. The minimum Gasteiger partial charge on any atom is -0.487 e. The summed E-state index contributed by atoms with van der Waals surface area (Å²) in [6, 6.07) is 11.1. The molecule has 3 aromatic rings. The van der Waals surface area contributed by atoms with Crippen molar-refractivity contribution in [1.82, 2.24) is 4.98 Å². The zero-order valence-corrected chi connectivity index (χ0v) is 16.6. The fourth-order valence-electron chi connectivity index (χ4n) is 2.40. The smallest absolute Gasteiger partial charge is 0.230 e. The summed E-state index contributed by atoms with van der Waals surface area (Å²) in [6.45, 7) is 1.46. The van der Waals surface area contributed by atoms with E-state index in [0.29, 0.717) is 28.4 Å². The number of carbonyl (C=O) groups is 2. The Balaban J connectivity index is 1.81. The molecule has 0 saturated carbocycles. The number of aromatic nitrogens is 1. The van der Waals surface area contributed by atoms with Gasteiger partial charge in [-0.2, -0.15) is 0 Å². The highest BCUT2D eigenvalue weighted by atomic mass is 79.9. The molecular weight excluding hydrogens is 435 g/mol. The average molecular weight is 449 g/mol. The number of amides is 1. The zero-order valence-electron chi connectivity index (χ0n) is 14.2. The quantitative estimate of drug-likeness (QED) is 0.490. The highest BCUT2D eigenvalue weighted by Crippen LogP contribution is 2.31. The Hall–Kier alpha value is -2.58. The van der Waals surface area contributed by atoms with E-state index in [1.165, 1.54) is 35.3 Å². The molecule has 0 fully saturated rings. The number of rotatable bonds is 6. The van der Waals surface area contributed by atoms with Crippen molar-refractivity contribution in [2.75, 3.05) is 4.90 Å². The molecule has 8 heteroatoms. The lowest BCUT2D eigenvalue weighted by molar-refractivity contribution is -0.115. The van der Waals surface area contributed by atoms with Gasteiger partial charge in [-0.05, 0) is 30.3 Å². The summed E-state index contributed by atoms with van der Waals surface area (Å²) in [5, 5.41) is 2.07. The van der Waals surface area contributed by atoms with Crippen molar-refractivity contribution >= 4 is 50.3 Å². The first-order chi connectivity index (χ1) is 13.0. The summed E-state index contributed by atoms with van der Waals surface area (Å²) < 4.78 is 20.5. The predicted octanol–water partition coefficient (Wildman–Crippen LogP) is 5.12. The molecule has 3 rings (SSSR count). The van der Waals surface area contributed by atoms with E-state index in [2.05, 4.69) is 20.9 Å². The Morgan fingerprint density at radius 2 is 2.11 bits per heavy atom. The van der Waals surface area contributed by atoms with Crippen molar-refractivity contribution in [3.63, 3.8) is 0 Å². The zero-order chi connectivity index (χ0) is 19.4. The van der Waals surface area contributed by atoms with Gasteiger partial charge < -0.3 is 4.74 Å². The van der Waals surface area contributed by atoms with Crippen LogP contribution in [-0.4, -0.2) is 17.2 Å². The van der Waals surface area contributed by atoms with E-state index in [4.69, 9.17) is 4.74 Å². The Morgan fingerprint density at radius 3 is 2.81 bits per heavy atom. The first kappa shape index (κ1) is 19.2. The minimum absolute atomic E-state index is 0.113. The second-order valence-electron chi connectivity index (χ2n) is 5.52. The number of hydrogen-bond acceptors (Lipinski definition) is 5. The standard InChI is InChI=1S/C19H14BrFN2O3S/c1-12(25)23(17-5-3-2-4-16(17)21)19-22-15(11-27-19)10-26-18-7-6-14(20)8-13(18)9-24/h2-9,11H,10H2,1H3. The average Bonchev–Trinajstić information content (AvgIpc) is 3.10. The fourth-order valence-corrected chi connectivity index (χ4v) is 3.64. The van der Waals surface area contributed by atoms with E-state index >= 15 is 0 Å². The van der Waals surface area contributed by atoms with Crippen LogP contribution in [0.25, 0.3) is 0 Å². The molecule has 0 saturated heterocycles. The number of para-hydroxylation sites is 1. The number of aldehydes is 1. The largest absolute Gasteiger partial charge is 0.487 e. The molecule has 0 aliphatic heterocycles. The summed E-state index contributed by atoms with van der Waals surface area (Å²) in [5.41, 5.74) is 1.12. The molecule has 0 radical (unpaired) electrons. The van der Waals surface area contributed by atoms with Gasteiger partial charge in [0.25, 0.3) is 0 Å². The van der Waals surface area contributed by atoms with E-state index in [1.807, 2.05) is 0 Å². The summed E-state index contributed by atoms with van der Waals surface area (Å²) in [5.74, 6) is -0.426. The van der Waals surface area contributed by atoms with Crippen molar-refractivity contribution in [2.24, 2.45) is 0 Å². The Kier molecular flexibility index (Phi) is 5.98. The van der Waals surface area contributed by atoms with Crippen LogP contribution < -0.4 is 9.64 Å². The van der Waals surface area contributed by atoms with Gasteiger partial charge in [-0.3, -0.25) is 14.5 Å². The van der Waals surface area contributed by atoms with Gasteiger partial charge in [-0.1, -0.05) is 28.1 Å². The van der Waals surface area contributed by atoms with Crippen LogP contribution in [0.4, 0.5) is 15.2 Å². The third-order valence-corrected chi connectivity index (χ3v) is 4.98. The third-order valence-electron chi connectivity index (χ3n) is 3.61. The van der Waals surface area contributed by atoms with Crippen LogP contribution in [0, 0.1) is 5.82 Å². The van der Waals surface area contributed by atoms with Crippen molar-refractivity contribution in [2.45, 2.75) is 13.5 Å². The highest BCUT2D eigenvalue weighted by molar-refractivity contribution is 9.10. The number of anilines is 2. The molecule has 2 aromatic carbocycles. The van der Waals surface area contributed by atoms with E-state index in [9.17, 15) is 14.0 Å². The van der Waals surface area contributed by atoms with Gasteiger partial charge in [0.05, 0.1) is 16.9 Å². The first-order valence-electron chi connectivity index (χ1n) is 7.86. The molecule has 0 aliphatic carbocycles. The number of ether oxygens (including phenoxy) is 1. The normalized spacial score (nSPS) is 10.5. The topological polar surface area (TPSA) is 59.5 Å². The number of thiazole rings is 1.